The summed E-state index contributed by atoms with van der Waals surface area (Å²) in [4.78, 5) is 22.8. The predicted molar refractivity (Wildman–Crippen MR) is 64.5 cm³/mol. The van der Waals surface area contributed by atoms with Gasteiger partial charge in [-0.3, -0.25) is 4.79 Å². The molecule has 1 aromatic rings. The van der Waals surface area contributed by atoms with Gasteiger partial charge in [0.2, 0.25) is 0 Å². The Kier molecular flexibility index (Phi) is 5.24. The lowest BCUT2D eigenvalue weighted by molar-refractivity contribution is -0.143. The van der Waals surface area contributed by atoms with E-state index >= 15 is 0 Å². The van der Waals surface area contributed by atoms with Gasteiger partial charge in [0.1, 0.15) is 5.82 Å². The van der Waals surface area contributed by atoms with Crippen LogP contribution in [0.4, 0.5) is 4.39 Å². The maximum Gasteiger partial charge on any atom is 0.330 e. The number of esters is 1. The molecule has 0 spiro atoms. The summed E-state index contributed by atoms with van der Waals surface area (Å²) in [5.74, 6) is -2.34. The largest absolute Gasteiger partial charge is 0.467 e. The minimum absolute atomic E-state index is 0.222. The molecule has 0 aliphatic rings. The van der Waals surface area contributed by atoms with E-state index in [1.807, 2.05) is 0 Å². The zero-order valence-electron chi connectivity index (χ0n) is 9.44. The zero-order chi connectivity index (χ0) is 13.7. The van der Waals surface area contributed by atoms with E-state index in [-0.39, 0.29) is 5.56 Å². The van der Waals surface area contributed by atoms with Crippen molar-refractivity contribution < 1.29 is 23.8 Å². The lowest BCUT2D eigenvalue weighted by Crippen LogP contribution is -2.44. The Hall–Kier alpha value is -1.47. The van der Waals surface area contributed by atoms with Crippen molar-refractivity contribution in [1.29, 1.82) is 0 Å². The summed E-state index contributed by atoms with van der Waals surface area (Å²) >= 11 is 3.06. The van der Waals surface area contributed by atoms with Crippen molar-refractivity contribution in [1.82, 2.24) is 5.32 Å². The fourth-order valence-electron chi connectivity index (χ4n) is 1.23. The van der Waals surface area contributed by atoms with Crippen LogP contribution in [0, 0.1) is 5.82 Å². The molecular formula is C11H11BrFNO4. The average Bonchev–Trinajstić information content (AvgIpc) is 2.34. The summed E-state index contributed by atoms with van der Waals surface area (Å²) in [6.07, 6.45) is 0. The van der Waals surface area contributed by atoms with Crippen molar-refractivity contribution in [2.75, 3.05) is 13.7 Å². The molecule has 1 unspecified atom stereocenters. The number of carbonyl (C=O) groups is 2. The first kappa shape index (κ1) is 14.6. The van der Waals surface area contributed by atoms with Crippen LogP contribution in [0.3, 0.4) is 0 Å². The number of carbonyl (C=O) groups excluding carboxylic acids is 2. The Bertz CT molecular complexity index is 466. The van der Waals surface area contributed by atoms with Crippen LogP contribution in [-0.2, 0) is 9.53 Å². The standard InChI is InChI=1S/C11H11BrFNO4/c1-18-11(17)9(5-15)14-10(16)7-3-2-6(12)4-8(7)13/h2-4,9,15H,5H2,1H3,(H,14,16). The fourth-order valence-corrected chi connectivity index (χ4v) is 1.56. The van der Waals surface area contributed by atoms with Crippen LogP contribution >= 0.6 is 15.9 Å². The minimum Gasteiger partial charge on any atom is -0.467 e. The molecule has 7 heteroatoms. The van der Waals surface area contributed by atoms with Crippen molar-refractivity contribution in [2.24, 2.45) is 0 Å². The van der Waals surface area contributed by atoms with E-state index < -0.39 is 30.3 Å². The van der Waals surface area contributed by atoms with Gasteiger partial charge in [0.15, 0.2) is 6.04 Å². The Morgan fingerprint density at radius 3 is 2.72 bits per heavy atom. The molecule has 0 aliphatic heterocycles. The SMILES string of the molecule is COC(=O)C(CO)NC(=O)c1ccc(Br)cc1F. The van der Waals surface area contributed by atoms with Crippen LogP contribution in [0.15, 0.2) is 22.7 Å². The molecule has 2 N–H and O–H groups in total. The van der Waals surface area contributed by atoms with Gasteiger partial charge >= 0.3 is 5.97 Å². The Morgan fingerprint density at radius 1 is 1.56 bits per heavy atom. The van der Waals surface area contributed by atoms with E-state index in [1.165, 1.54) is 12.1 Å². The number of rotatable bonds is 4. The van der Waals surface area contributed by atoms with E-state index in [0.29, 0.717) is 4.47 Å². The molecule has 1 aromatic carbocycles. The predicted octanol–water partition coefficient (Wildman–Crippen LogP) is 0.852. The maximum absolute atomic E-state index is 13.5. The zero-order valence-corrected chi connectivity index (χ0v) is 11.0. The van der Waals surface area contributed by atoms with Crippen molar-refractivity contribution in [3.8, 4) is 0 Å². The van der Waals surface area contributed by atoms with Crippen LogP contribution < -0.4 is 5.32 Å². The number of aliphatic hydroxyl groups excluding tert-OH is 1. The number of nitrogens with one attached hydrogen (secondary N) is 1. The first-order valence-electron chi connectivity index (χ1n) is 4.94. The van der Waals surface area contributed by atoms with Crippen molar-refractivity contribution in [3.63, 3.8) is 0 Å². The average molecular weight is 320 g/mol. The molecule has 1 rings (SSSR count). The van der Waals surface area contributed by atoms with Gasteiger partial charge in [0.25, 0.3) is 5.91 Å². The van der Waals surface area contributed by atoms with Gasteiger partial charge in [-0.2, -0.15) is 0 Å². The van der Waals surface area contributed by atoms with Gasteiger partial charge in [-0.05, 0) is 18.2 Å². The quantitative estimate of drug-likeness (QED) is 0.807. The Morgan fingerprint density at radius 2 is 2.22 bits per heavy atom. The third-order valence-electron chi connectivity index (χ3n) is 2.15. The first-order chi connectivity index (χ1) is 8.49. The molecule has 18 heavy (non-hydrogen) atoms. The number of halogens is 2. The number of amides is 1. The Balaban J connectivity index is 2.84. The molecule has 1 atom stereocenters. The summed E-state index contributed by atoms with van der Waals surface area (Å²) in [5, 5.41) is 11.1. The van der Waals surface area contributed by atoms with Crippen LogP contribution in [0.1, 0.15) is 10.4 Å². The molecule has 1 amide bonds. The highest BCUT2D eigenvalue weighted by Gasteiger charge is 2.22. The van der Waals surface area contributed by atoms with E-state index in [0.717, 1.165) is 13.2 Å². The van der Waals surface area contributed by atoms with Gasteiger partial charge in [0, 0.05) is 4.47 Å². The second-order valence-corrected chi connectivity index (χ2v) is 4.27. The third-order valence-corrected chi connectivity index (χ3v) is 2.64. The highest BCUT2D eigenvalue weighted by atomic mass is 79.9. The van der Waals surface area contributed by atoms with E-state index in [9.17, 15) is 14.0 Å². The fraction of sp³-hybridized carbons (Fsp3) is 0.273. The van der Waals surface area contributed by atoms with Gasteiger partial charge < -0.3 is 15.2 Å². The summed E-state index contributed by atoms with van der Waals surface area (Å²) in [6, 6.07) is 2.66. The van der Waals surface area contributed by atoms with Crippen molar-refractivity contribution in [2.45, 2.75) is 6.04 Å². The van der Waals surface area contributed by atoms with Crippen molar-refractivity contribution in [3.05, 3.63) is 34.1 Å². The van der Waals surface area contributed by atoms with Crippen LogP contribution in [0.25, 0.3) is 0 Å². The van der Waals surface area contributed by atoms with Crippen molar-refractivity contribution >= 4 is 27.8 Å². The summed E-state index contributed by atoms with van der Waals surface area (Å²) in [7, 11) is 1.12. The smallest absolute Gasteiger partial charge is 0.330 e. The molecule has 0 radical (unpaired) electrons. The lowest BCUT2D eigenvalue weighted by Gasteiger charge is -2.14. The topological polar surface area (TPSA) is 75.6 Å². The van der Waals surface area contributed by atoms with Gasteiger partial charge in [0.05, 0.1) is 19.3 Å². The normalized spacial score (nSPS) is 11.8. The van der Waals surface area contributed by atoms with Gasteiger partial charge in [-0.15, -0.1) is 0 Å². The molecule has 0 saturated heterocycles. The van der Waals surface area contributed by atoms with E-state index in [2.05, 4.69) is 26.0 Å². The number of benzene rings is 1. The first-order valence-corrected chi connectivity index (χ1v) is 5.73. The molecule has 0 aromatic heterocycles. The molecule has 0 heterocycles. The number of ether oxygens (including phenoxy) is 1. The number of hydrogen-bond donors (Lipinski definition) is 2. The van der Waals surface area contributed by atoms with E-state index in [4.69, 9.17) is 5.11 Å². The van der Waals surface area contributed by atoms with E-state index in [1.54, 1.807) is 0 Å². The number of aliphatic hydroxyl groups is 1. The molecular weight excluding hydrogens is 309 g/mol. The molecule has 5 nitrogen and oxygen atoms in total. The summed E-state index contributed by atoms with van der Waals surface area (Å²) in [6.45, 7) is -0.628. The third kappa shape index (κ3) is 3.51. The second-order valence-electron chi connectivity index (χ2n) is 3.36. The molecule has 98 valence electrons. The molecule has 0 fully saturated rings. The lowest BCUT2D eigenvalue weighted by atomic mass is 10.2. The summed E-state index contributed by atoms with van der Waals surface area (Å²) < 4.78 is 18.3. The molecule has 0 saturated carbocycles. The highest BCUT2D eigenvalue weighted by molar-refractivity contribution is 9.10. The number of methoxy groups -OCH3 is 1. The highest BCUT2D eigenvalue weighted by Crippen LogP contribution is 2.15. The van der Waals surface area contributed by atoms with Crippen LogP contribution in [0.2, 0.25) is 0 Å². The summed E-state index contributed by atoms with van der Waals surface area (Å²) in [5.41, 5.74) is -0.222. The van der Waals surface area contributed by atoms with Crippen LogP contribution in [0.5, 0.6) is 0 Å². The minimum atomic E-state index is -1.22. The number of hydrogen-bond acceptors (Lipinski definition) is 4. The monoisotopic (exact) mass is 319 g/mol. The molecule has 0 bridgehead atoms. The van der Waals surface area contributed by atoms with Gasteiger partial charge in [-0.1, -0.05) is 15.9 Å². The van der Waals surface area contributed by atoms with Crippen LogP contribution in [-0.4, -0.2) is 36.7 Å². The Labute approximate surface area is 111 Å². The molecule has 0 aliphatic carbocycles. The van der Waals surface area contributed by atoms with Gasteiger partial charge in [-0.25, -0.2) is 9.18 Å². The maximum atomic E-state index is 13.5. The second kappa shape index (κ2) is 6.46.